The molecule has 1 aliphatic heterocycles. The molecule has 1 aliphatic rings. The van der Waals surface area contributed by atoms with Crippen molar-refractivity contribution in [1.82, 2.24) is 10.3 Å². The van der Waals surface area contributed by atoms with Crippen LogP contribution in [0.5, 0.6) is 0 Å². The minimum atomic E-state index is -0.333. The number of fused-ring (bicyclic) bond motifs is 1. The lowest BCUT2D eigenvalue weighted by atomic mass is 10.2. The van der Waals surface area contributed by atoms with Crippen molar-refractivity contribution in [2.75, 3.05) is 11.4 Å². The van der Waals surface area contributed by atoms with E-state index in [4.69, 9.17) is 0 Å². The van der Waals surface area contributed by atoms with Crippen molar-refractivity contribution in [3.05, 3.63) is 65.6 Å². The Morgan fingerprint density at radius 1 is 1.15 bits per heavy atom. The number of aromatic nitrogens is 1. The first-order valence-electron chi connectivity index (χ1n) is 8.56. The van der Waals surface area contributed by atoms with E-state index in [1.807, 2.05) is 24.3 Å². The summed E-state index contributed by atoms with van der Waals surface area (Å²) in [7, 11) is 0. The van der Waals surface area contributed by atoms with Gasteiger partial charge in [-0.2, -0.15) is 0 Å². The molecule has 0 atom stereocenters. The molecule has 0 unspecified atom stereocenters. The molecule has 4 rings (SSSR count). The summed E-state index contributed by atoms with van der Waals surface area (Å²) >= 11 is 0. The Bertz CT molecular complexity index is 978. The number of benzene rings is 2. The van der Waals surface area contributed by atoms with Gasteiger partial charge in [-0.1, -0.05) is 12.1 Å². The highest BCUT2D eigenvalue weighted by Gasteiger charge is 2.21. The first-order chi connectivity index (χ1) is 12.6. The number of amides is 2. The number of nitrogens with zero attached hydrogens (tertiary/aromatic N) is 1. The number of carbonyl (C=O) groups is 2. The summed E-state index contributed by atoms with van der Waals surface area (Å²) < 4.78 is 13.2. The van der Waals surface area contributed by atoms with Crippen molar-refractivity contribution in [3.8, 4) is 0 Å². The lowest BCUT2D eigenvalue weighted by Gasteiger charge is -2.16. The highest BCUT2D eigenvalue weighted by Crippen LogP contribution is 2.21. The zero-order chi connectivity index (χ0) is 18.1. The van der Waals surface area contributed by atoms with E-state index < -0.39 is 0 Å². The molecule has 2 amide bonds. The first kappa shape index (κ1) is 16.3. The lowest BCUT2D eigenvalue weighted by molar-refractivity contribution is -0.117. The number of hydrogen-bond donors (Lipinski definition) is 2. The van der Waals surface area contributed by atoms with E-state index in [1.165, 1.54) is 12.1 Å². The van der Waals surface area contributed by atoms with Crippen molar-refractivity contribution >= 4 is 28.4 Å². The maximum atomic E-state index is 13.2. The molecule has 6 heteroatoms. The quantitative estimate of drug-likeness (QED) is 0.757. The van der Waals surface area contributed by atoms with Gasteiger partial charge >= 0.3 is 0 Å². The molecule has 2 heterocycles. The van der Waals surface area contributed by atoms with Crippen LogP contribution in [0.3, 0.4) is 0 Å². The fourth-order valence-corrected chi connectivity index (χ4v) is 3.22. The van der Waals surface area contributed by atoms with E-state index in [0.717, 1.165) is 29.7 Å². The number of anilines is 1. The van der Waals surface area contributed by atoms with Crippen LogP contribution in [-0.4, -0.2) is 23.3 Å². The van der Waals surface area contributed by atoms with Gasteiger partial charge in [0, 0.05) is 36.1 Å². The molecule has 132 valence electrons. The Labute approximate surface area is 149 Å². The van der Waals surface area contributed by atoms with E-state index in [2.05, 4.69) is 10.3 Å². The molecule has 1 saturated heterocycles. The number of rotatable bonds is 4. The maximum absolute atomic E-state index is 13.2. The molecule has 3 aromatic rings. The van der Waals surface area contributed by atoms with Gasteiger partial charge in [0.05, 0.1) is 0 Å². The van der Waals surface area contributed by atoms with E-state index in [-0.39, 0.29) is 17.6 Å². The fourth-order valence-electron chi connectivity index (χ4n) is 3.22. The topological polar surface area (TPSA) is 65.2 Å². The van der Waals surface area contributed by atoms with Crippen molar-refractivity contribution < 1.29 is 14.0 Å². The molecule has 2 aromatic carbocycles. The Balaban J connectivity index is 1.41. The fraction of sp³-hybridized carbons (Fsp3) is 0.200. The van der Waals surface area contributed by atoms with Gasteiger partial charge in [0.15, 0.2) is 0 Å². The molecule has 2 N–H and O–H groups in total. The molecule has 0 saturated carbocycles. The molecular formula is C20H18FN3O2. The van der Waals surface area contributed by atoms with Crippen molar-refractivity contribution in [3.63, 3.8) is 0 Å². The molecular weight excluding hydrogens is 333 g/mol. The monoisotopic (exact) mass is 351 g/mol. The number of carbonyl (C=O) groups excluding carboxylic acids is 2. The average molecular weight is 351 g/mol. The van der Waals surface area contributed by atoms with E-state index in [1.54, 1.807) is 17.0 Å². The van der Waals surface area contributed by atoms with Gasteiger partial charge in [-0.25, -0.2) is 4.39 Å². The number of aromatic amines is 1. The minimum absolute atomic E-state index is 0.154. The molecule has 26 heavy (non-hydrogen) atoms. The van der Waals surface area contributed by atoms with Crippen molar-refractivity contribution in [2.45, 2.75) is 19.4 Å². The van der Waals surface area contributed by atoms with Crippen LogP contribution in [0.15, 0.2) is 48.5 Å². The number of halogens is 1. The Morgan fingerprint density at radius 3 is 2.69 bits per heavy atom. The van der Waals surface area contributed by atoms with Gasteiger partial charge in [0.1, 0.15) is 11.5 Å². The zero-order valence-corrected chi connectivity index (χ0v) is 14.1. The van der Waals surface area contributed by atoms with Crippen LogP contribution in [0.25, 0.3) is 10.9 Å². The van der Waals surface area contributed by atoms with Crippen molar-refractivity contribution in [2.24, 2.45) is 0 Å². The SMILES string of the molecule is O=C(NCc1ccc(N2CCCC2=O)cc1)c1cc2cc(F)ccc2[nH]1. The van der Waals surface area contributed by atoms with Crippen LogP contribution >= 0.6 is 0 Å². The Hall–Kier alpha value is -3.15. The minimum Gasteiger partial charge on any atom is -0.351 e. The summed E-state index contributed by atoms with van der Waals surface area (Å²) in [5.41, 5.74) is 2.94. The molecule has 0 spiro atoms. The van der Waals surface area contributed by atoms with Crippen molar-refractivity contribution in [1.29, 1.82) is 0 Å². The highest BCUT2D eigenvalue weighted by molar-refractivity contribution is 5.98. The Kier molecular flexibility index (Phi) is 4.16. The van der Waals surface area contributed by atoms with Gasteiger partial charge in [-0.15, -0.1) is 0 Å². The van der Waals surface area contributed by atoms with Crippen LogP contribution in [0.4, 0.5) is 10.1 Å². The highest BCUT2D eigenvalue weighted by atomic mass is 19.1. The Morgan fingerprint density at radius 2 is 1.96 bits per heavy atom. The molecule has 1 fully saturated rings. The smallest absolute Gasteiger partial charge is 0.267 e. The third-order valence-corrected chi connectivity index (χ3v) is 4.60. The number of hydrogen-bond acceptors (Lipinski definition) is 2. The summed E-state index contributed by atoms with van der Waals surface area (Å²) in [6.45, 7) is 1.13. The number of H-pyrrole nitrogens is 1. The van der Waals surface area contributed by atoms with Gasteiger partial charge in [-0.05, 0) is 48.4 Å². The largest absolute Gasteiger partial charge is 0.351 e. The van der Waals surface area contributed by atoms with Gasteiger partial charge in [0.25, 0.3) is 5.91 Å². The van der Waals surface area contributed by atoms with Gasteiger partial charge in [-0.3, -0.25) is 9.59 Å². The summed E-state index contributed by atoms with van der Waals surface area (Å²) in [5, 5.41) is 3.51. The molecule has 0 bridgehead atoms. The predicted molar refractivity (Wildman–Crippen MR) is 97.5 cm³/mol. The summed E-state index contributed by atoms with van der Waals surface area (Å²) in [6.07, 6.45) is 1.50. The summed E-state index contributed by atoms with van der Waals surface area (Å²) in [6, 6.07) is 13.6. The van der Waals surface area contributed by atoms with Crippen LogP contribution in [0.2, 0.25) is 0 Å². The van der Waals surface area contributed by atoms with Gasteiger partial charge < -0.3 is 15.2 Å². The zero-order valence-electron chi connectivity index (χ0n) is 14.1. The van der Waals surface area contributed by atoms with E-state index in [0.29, 0.717) is 24.0 Å². The van der Waals surface area contributed by atoms with Crippen LogP contribution in [-0.2, 0) is 11.3 Å². The van der Waals surface area contributed by atoms with E-state index >= 15 is 0 Å². The standard InChI is InChI=1S/C20H18FN3O2/c21-15-5-8-17-14(10-15)11-18(23-17)20(26)22-12-13-3-6-16(7-4-13)24-9-1-2-19(24)25/h3-8,10-11,23H,1-2,9,12H2,(H,22,26). The molecule has 0 aliphatic carbocycles. The van der Waals surface area contributed by atoms with Gasteiger partial charge in [0.2, 0.25) is 5.91 Å². The molecule has 1 aromatic heterocycles. The second-order valence-corrected chi connectivity index (χ2v) is 6.41. The third-order valence-electron chi connectivity index (χ3n) is 4.60. The lowest BCUT2D eigenvalue weighted by Crippen LogP contribution is -2.24. The average Bonchev–Trinajstić information content (AvgIpc) is 3.26. The second-order valence-electron chi connectivity index (χ2n) is 6.41. The maximum Gasteiger partial charge on any atom is 0.267 e. The first-order valence-corrected chi connectivity index (χ1v) is 8.56. The van der Waals surface area contributed by atoms with Crippen LogP contribution in [0.1, 0.15) is 28.9 Å². The second kappa shape index (κ2) is 6.63. The molecule has 5 nitrogen and oxygen atoms in total. The number of nitrogens with one attached hydrogen (secondary N) is 2. The summed E-state index contributed by atoms with van der Waals surface area (Å²) in [4.78, 5) is 28.8. The predicted octanol–water partition coefficient (Wildman–Crippen LogP) is 3.36. The van der Waals surface area contributed by atoms with E-state index in [9.17, 15) is 14.0 Å². The summed E-state index contributed by atoms with van der Waals surface area (Å²) in [5.74, 6) is -0.429. The third kappa shape index (κ3) is 3.18. The van der Waals surface area contributed by atoms with Crippen LogP contribution in [0, 0.1) is 5.82 Å². The van der Waals surface area contributed by atoms with Crippen LogP contribution < -0.4 is 10.2 Å². The molecule has 0 radical (unpaired) electrons. The normalized spacial score (nSPS) is 14.2.